The number of benzene rings is 1. The highest BCUT2D eigenvalue weighted by Gasteiger charge is 2.29. The van der Waals surface area contributed by atoms with Crippen molar-refractivity contribution in [3.05, 3.63) is 65.6 Å². The molecule has 0 spiro atoms. The zero-order chi connectivity index (χ0) is 20.6. The van der Waals surface area contributed by atoms with Gasteiger partial charge < -0.3 is 14.5 Å². The maximum absolute atomic E-state index is 12.5. The van der Waals surface area contributed by atoms with Gasteiger partial charge in [0.15, 0.2) is 6.61 Å². The van der Waals surface area contributed by atoms with Crippen molar-refractivity contribution in [1.82, 2.24) is 10.6 Å². The van der Waals surface area contributed by atoms with E-state index in [1.165, 1.54) is 24.5 Å². The molecule has 0 atom stereocenters. The van der Waals surface area contributed by atoms with Crippen LogP contribution in [0.15, 0.2) is 53.2 Å². The monoisotopic (exact) mass is 396 g/mol. The minimum atomic E-state index is -4.45. The molecular formula is C18H15F3N2O5. The molecule has 2 aromatic rings. The first kappa shape index (κ1) is 20.7. The fraction of sp³-hybridized carbons (Fsp3) is 0.167. The smallest absolute Gasteiger partial charge is 0.416 e. The number of alkyl halides is 3. The van der Waals surface area contributed by atoms with Crippen LogP contribution in [0.4, 0.5) is 18.0 Å². The normalized spacial score (nSPS) is 11.2. The third-order valence-electron chi connectivity index (χ3n) is 3.25. The predicted octanol–water partition coefficient (Wildman–Crippen LogP) is 2.88. The standard InChI is InChI=1S/C18H15F3N2O5/c19-18(20,21)13-6-3-12(4-7-13)5-8-16(25)28-11-15(24)23-17(26)22-10-14-2-1-9-27-14/h1-9H,10-11H2,(H2,22,23,24,26)/b8-5+. The number of furan rings is 1. The third kappa shape index (κ3) is 6.98. The van der Waals surface area contributed by atoms with Crippen LogP contribution >= 0.6 is 0 Å². The Kier molecular flexibility index (Phi) is 6.96. The zero-order valence-electron chi connectivity index (χ0n) is 14.3. The molecule has 1 aromatic heterocycles. The second-order valence-corrected chi connectivity index (χ2v) is 5.37. The molecule has 7 nitrogen and oxygen atoms in total. The first-order valence-electron chi connectivity index (χ1n) is 7.86. The van der Waals surface area contributed by atoms with E-state index >= 15 is 0 Å². The molecule has 0 bridgehead atoms. The summed E-state index contributed by atoms with van der Waals surface area (Å²) in [7, 11) is 0. The molecule has 10 heteroatoms. The second kappa shape index (κ2) is 9.40. The summed E-state index contributed by atoms with van der Waals surface area (Å²) in [5.41, 5.74) is -0.471. The zero-order valence-corrected chi connectivity index (χ0v) is 14.3. The predicted molar refractivity (Wildman–Crippen MR) is 90.5 cm³/mol. The molecule has 0 aliphatic heterocycles. The maximum atomic E-state index is 12.5. The number of rotatable bonds is 6. The molecule has 0 fully saturated rings. The molecular weight excluding hydrogens is 381 g/mol. The number of urea groups is 1. The molecule has 2 rings (SSSR count). The van der Waals surface area contributed by atoms with Crippen LogP contribution in [0.5, 0.6) is 0 Å². The first-order valence-corrected chi connectivity index (χ1v) is 7.86. The van der Waals surface area contributed by atoms with Crippen molar-refractivity contribution in [2.45, 2.75) is 12.7 Å². The van der Waals surface area contributed by atoms with Crippen molar-refractivity contribution in [3.8, 4) is 0 Å². The Balaban J connectivity index is 1.71. The average Bonchev–Trinajstić information content (AvgIpc) is 3.16. The lowest BCUT2D eigenvalue weighted by atomic mass is 10.1. The van der Waals surface area contributed by atoms with E-state index in [0.29, 0.717) is 11.3 Å². The largest absolute Gasteiger partial charge is 0.467 e. The molecule has 3 amide bonds. The van der Waals surface area contributed by atoms with Crippen LogP contribution in [0.25, 0.3) is 6.08 Å². The van der Waals surface area contributed by atoms with E-state index in [9.17, 15) is 27.6 Å². The second-order valence-electron chi connectivity index (χ2n) is 5.37. The minimum absolute atomic E-state index is 0.0712. The lowest BCUT2D eigenvalue weighted by Crippen LogP contribution is -2.41. The van der Waals surface area contributed by atoms with Gasteiger partial charge in [-0.1, -0.05) is 12.1 Å². The van der Waals surface area contributed by atoms with Crippen LogP contribution in [0, 0.1) is 0 Å². The van der Waals surface area contributed by atoms with Crippen molar-refractivity contribution in [3.63, 3.8) is 0 Å². The van der Waals surface area contributed by atoms with E-state index in [4.69, 9.17) is 4.42 Å². The number of hydrogen-bond donors (Lipinski definition) is 2. The van der Waals surface area contributed by atoms with Crippen LogP contribution in [-0.4, -0.2) is 24.5 Å². The molecule has 0 saturated heterocycles. The molecule has 1 aromatic carbocycles. The van der Waals surface area contributed by atoms with Gasteiger partial charge in [0.1, 0.15) is 5.76 Å². The molecule has 0 saturated carbocycles. The lowest BCUT2D eigenvalue weighted by Gasteiger charge is -2.06. The van der Waals surface area contributed by atoms with Crippen LogP contribution < -0.4 is 10.6 Å². The Labute approximate surface area is 157 Å². The minimum Gasteiger partial charge on any atom is -0.467 e. The van der Waals surface area contributed by atoms with E-state index in [1.807, 2.05) is 5.32 Å². The number of esters is 1. The Morgan fingerprint density at radius 3 is 2.43 bits per heavy atom. The molecule has 28 heavy (non-hydrogen) atoms. The number of imide groups is 1. The highest BCUT2D eigenvalue weighted by atomic mass is 19.4. The number of amides is 3. The van der Waals surface area contributed by atoms with Crippen LogP contribution in [-0.2, 0) is 27.0 Å². The molecule has 1 heterocycles. The van der Waals surface area contributed by atoms with Gasteiger partial charge >= 0.3 is 18.2 Å². The van der Waals surface area contributed by atoms with Gasteiger partial charge in [0.05, 0.1) is 18.4 Å². The Morgan fingerprint density at radius 2 is 1.82 bits per heavy atom. The number of carbonyl (C=O) groups excluding carboxylic acids is 3. The highest BCUT2D eigenvalue weighted by Crippen LogP contribution is 2.29. The topological polar surface area (TPSA) is 97.6 Å². The van der Waals surface area contributed by atoms with Gasteiger partial charge in [-0.05, 0) is 35.9 Å². The quantitative estimate of drug-likeness (QED) is 0.578. The molecule has 0 aliphatic carbocycles. The molecule has 0 unspecified atom stereocenters. The fourth-order valence-corrected chi connectivity index (χ4v) is 1.92. The summed E-state index contributed by atoms with van der Waals surface area (Å²) in [5.74, 6) is -1.26. The summed E-state index contributed by atoms with van der Waals surface area (Å²) in [6, 6.07) is 6.59. The summed E-state index contributed by atoms with van der Waals surface area (Å²) in [6.45, 7) is -0.633. The van der Waals surface area contributed by atoms with Crippen molar-refractivity contribution in [1.29, 1.82) is 0 Å². The highest BCUT2D eigenvalue weighted by molar-refractivity contribution is 5.96. The summed E-state index contributed by atoms with van der Waals surface area (Å²) < 4.78 is 47.0. The summed E-state index contributed by atoms with van der Waals surface area (Å²) in [6.07, 6.45) is -0.834. The molecule has 0 radical (unpaired) electrons. The summed E-state index contributed by atoms with van der Waals surface area (Å²) in [4.78, 5) is 34.5. The Hall–Kier alpha value is -3.56. The Bertz CT molecular complexity index is 843. The van der Waals surface area contributed by atoms with Gasteiger partial charge in [0, 0.05) is 6.08 Å². The molecule has 148 valence electrons. The van der Waals surface area contributed by atoms with Gasteiger partial charge in [0.2, 0.25) is 0 Å². The van der Waals surface area contributed by atoms with Gasteiger partial charge in [-0.15, -0.1) is 0 Å². The van der Waals surface area contributed by atoms with E-state index in [0.717, 1.165) is 18.2 Å². The SMILES string of the molecule is O=C(COC(=O)/C=C/c1ccc(C(F)(F)F)cc1)NC(=O)NCc1ccco1. The first-order chi connectivity index (χ1) is 13.2. The number of ether oxygens (including phenoxy) is 1. The van der Waals surface area contributed by atoms with Crippen LogP contribution in [0.2, 0.25) is 0 Å². The molecule has 2 N–H and O–H groups in total. The van der Waals surface area contributed by atoms with Crippen molar-refractivity contribution < 1.29 is 36.7 Å². The lowest BCUT2D eigenvalue weighted by molar-refractivity contribution is -0.143. The third-order valence-corrected chi connectivity index (χ3v) is 3.25. The maximum Gasteiger partial charge on any atom is 0.416 e. The number of halogens is 3. The average molecular weight is 396 g/mol. The van der Waals surface area contributed by atoms with Gasteiger partial charge in [-0.2, -0.15) is 13.2 Å². The van der Waals surface area contributed by atoms with E-state index < -0.39 is 36.3 Å². The number of hydrogen-bond acceptors (Lipinski definition) is 5. The van der Waals surface area contributed by atoms with Crippen molar-refractivity contribution in [2.24, 2.45) is 0 Å². The number of carbonyl (C=O) groups is 3. The number of nitrogens with one attached hydrogen (secondary N) is 2. The van der Waals surface area contributed by atoms with E-state index in [1.54, 1.807) is 12.1 Å². The fourth-order valence-electron chi connectivity index (χ4n) is 1.92. The van der Waals surface area contributed by atoms with Crippen LogP contribution in [0.3, 0.4) is 0 Å². The van der Waals surface area contributed by atoms with Crippen molar-refractivity contribution >= 4 is 24.0 Å². The summed E-state index contributed by atoms with van der Waals surface area (Å²) >= 11 is 0. The van der Waals surface area contributed by atoms with Crippen molar-refractivity contribution in [2.75, 3.05) is 6.61 Å². The van der Waals surface area contributed by atoms with E-state index in [-0.39, 0.29) is 6.54 Å². The van der Waals surface area contributed by atoms with Crippen LogP contribution in [0.1, 0.15) is 16.9 Å². The Morgan fingerprint density at radius 1 is 1.11 bits per heavy atom. The summed E-state index contributed by atoms with van der Waals surface area (Å²) in [5, 5.41) is 4.32. The van der Waals surface area contributed by atoms with Gasteiger partial charge in [-0.3, -0.25) is 10.1 Å². The molecule has 0 aliphatic rings. The van der Waals surface area contributed by atoms with E-state index in [2.05, 4.69) is 10.1 Å². The van der Waals surface area contributed by atoms with Gasteiger partial charge in [0.25, 0.3) is 5.91 Å². The van der Waals surface area contributed by atoms with Gasteiger partial charge in [-0.25, -0.2) is 9.59 Å².